The van der Waals surface area contributed by atoms with Crippen molar-refractivity contribution in [2.24, 2.45) is 5.92 Å². The maximum absolute atomic E-state index is 12.3. The molecule has 0 aliphatic carbocycles. The van der Waals surface area contributed by atoms with Crippen LogP contribution in [0.15, 0.2) is 29.2 Å². The lowest BCUT2D eigenvalue weighted by Gasteiger charge is -2.19. The summed E-state index contributed by atoms with van der Waals surface area (Å²) in [5, 5.41) is 8.84. The summed E-state index contributed by atoms with van der Waals surface area (Å²) in [5.41, 5.74) is 0. The molecule has 0 spiro atoms. The van der Waals surface area contributed by atoms with Crippen molar-refractivity contribution >= 4 is 16.0 Å². The average molecular weight is 301 g/mol. The van der Waals surface area contributed by atoms with Gasteiger partial charge in [-0.25, -0.2) is 12.7 Å². The molecule has 1 aromatic rings. The third-order valence-electron chi connectivity index (χ3n) is 2.78. The van der Waals surface area contributed by atoms with E-state index in [0.717, 1.165) is 4.31 Å². The van der Waals surface area contributed by atoms with Gasteiger partial charge in [-0.3, -0.25) is 4.79 Å². The van der Waals surface area contributed by atoms with Crippen LogP contribution in [0.4, 0.5) is 0 Å². The quantitative estimate of drug-likeness (QED) is 0.823. The molecule has 0 aliphatic heterocycles. The SMILES string of the molecule is CCOc1cccc(S(=O)(=O)N(C)CC(C)C(=O)O)c1. The summed E-state index contributed by atoms with van der Waals surface area (Å²) in [6, 6.07) is 6.15. The molecule has 0 radical (unpaired) electrons. The van der Waals surface area contributed by atoms with Gasteiger partial charge in [-0.2, -0.15) is 0 Å². The highest BCUT2D eigenvalue weighted by Gasteiger charge is 2.25. The fourth-order valence-corrected chi connectivity index (χ4v) is 2.93. The third kappa shape index (κ3) is 3.94. The first-order valence-electron chi connectivity index (χ1n) is 6.21. The lowest BCUT2D eigenvalue weighted by molar-refractivity contribution is -0.141. The second kappa shape index (κ2) is 6.71. The first-order valence-corrected chi connectivity index (χ1v) is 7.65. The van der Waals surface area contributed by atoms with Gasteiger partial charge in [0.25, 0.3) is 0 Å². The zero-order chi connectivity index (χ0) is 15.3. The second-order valence-electron chi connectivity index (χ2n) is 4.43. The number of hydrogen-bond donors (Lipinski definition) is 1. The number of carbonyl (C=O) groups is 1. The molecule has 20 heavy (non-hydrogen) atoms. The Morgan fingerprint density at radius 2 is 2.10 bits per heavy atom. The van der Waals surface area contributed by atoms with E-state index in [1.54, 1.807) is 12.1 Å². The zero-order valence-corrected chi connectivity index (χ0v) is 12.6. The summed E-state index contributed by atoms with van der Waals surface area (Å²) >= 11 is 0. The van der Waals surface area contributed by atoms with E-state index in [1.165, 1.54) is 26.1 Å². The van der Waals surface area contributed by atoms with Crippen molar-refractivity contribution in [2.45, 2.75) is 18.7 Å². The maximum Gasteiger partial charge on any atom is 0.307 e. The Hall–Kier alpha value is -1.60. The third-order valence-corrected chi connectivity index (χ3v) is 4.60. The van der Waals surface area contributed by atoms with E-state index < -0.39 is 21.9 Å². The van der Waals surface area contributed by atoms with E-state index in [2.05, 4.69) is 0 Å². The Kier molecular flexibility index (Phi) is 5.52. The lowest BCUT2D eigenvalue weighted by atomic mass is 10.2. The molecule has 1 aromatic carbocycles. The molecule has 1 atom stereocenters. The van der Waals surface area contributed by atoms with Gasteiger partial charge in [0.05, 0.1) is 17.4 Å². The van der Waals surface area contributed by atoms with E-state index in [9.17, 15) is 13.2 Å². The Morgan fingerprint density at radius 1 is 1.45 bits per heavy atom. The number of nitrogens with zero attached hydrogens (tertiary/aromatic N) is 1. The number of aliphatic carboxylic acids is 1. The van der Waals surface area contributed by atoms with Crippen LogP contribution >= 0.6 is 0 Å². The first-order chi connectivity index (χ1) is 9.28. The summed E-state index contributed by atoms with van der Waals surface area (Å²) in [6.07, 6.45) is 0. The maximum atomic E-state index is 12.3. The molecule has 6 nitrogen and oxygen atoms in total. The minimum absolute atomic E-state index is 0.0866. The Bertz CT molecular complexity index is 570. The van der Waals surface area contributed by atoms with Crippen molar-refractivity contribution in [1.82, 2.24) is 4.31 Å². The number of sulfonamides is 1. The van der Waals surface area contributed by atoms with Gasteiger partial charge in [-0.05, 0) is 19.1 Å². The lowest BCUT2D eigenvalue weighted by Crippen LogP contribution is -2.33. The molecule has 0 aromatic heterocycles. The summed E-state index contributed by atoms with van der Waals surface area (Å²) < 4.78 is 31.0. The number of rotatable bonds is 7. The van der Waals surface area contributed by atoms with Crippen LogP contribution in [0, 0.1) is 5.92 Å². The van der Waals surface area contributed by atoms with Crippen LogP contribution < -0.4 is 4.74 Å². The van der Waals surface area contributed by atoms with E-state index in [-0.39, 0.29) is 11.4 Å². The molecule has 7 heteroatoms. The summed E-state index contributed by atoms with van der Waals surface area (Å²) in [7, 11) is -2.36. The molecule has 0 bridgehead atoms. The summed E-state index contributed by atoms with van der Waals surface area (Å²) in [5.74, 6) is -1.34. The van der Waals surface area contributed by atoms with Crippen molar-refractivity contribution < 1.29 is 23.1 Å². The minimum atomic E-state index is -3.72. The van der Waals surface area contributed by atoms with Crippen LogP contribution in [0.3, 0.4) is 0 Å². The van der Waals surface area contributed by atoms with Gasteiger partial charge in [-0.1, -0.05) is 13.0 Å². The molecule has 1 unspecified atom stereocenters. The van der Waals surface area contributed by atoms with Gasteiger partial charge in [-0.15, -0.1) is 0 Å². The predicted octanol–water partition coefficient (Wildman–Crippen LogP) is 1.43. The summed E-state index contributed by atoms with van der Waals surface area (Å²) in [4.78, 5) is 10.9. The number of ether oxygens (including phenoxy) is 1. The molecular formula is C13H19NO5S. The van der Waals surface area contributed by atoms with Gasteiger partial charge in [0, 0.05) is 19.7 Å². The zero-order valence-electron chi connectivity index (χ0n) is 11.7. The molecule has 0 aliphatic rings. The highest BCUT2D eigenvalue weighted by atomic mass is 32.2. The van der Waals surface area contributed by atoms with Gasteiger partial charge in [0.15, 0.2) is 0 Å². The Labute approximate surface area is 119 Å². The smallest absolute Gasteiger partial charge is 0.307 e. The average Bonchev–Trinajstić information content (AvgIpc) is 2.39. The minimum Gasteiger partial charge on any atom is -0.494 e. The number of benzene rings is 1. The Balaban J connectivity index is 2.98. The monoisotopic (exact) mass is 301 g/mol. The van der Waals surface area contributed by atoms with Crippen molar-refractivity contribution in [3.05, 3.63) is 24.3 Å². The van der Waals surface area contributed by atoms with Gasteiger partial charge < -0.3 is 9.84 Å². The summed E-state index contributed by atoms with van der Waals surface area (Å²) in [6.45, 7) is 3.62. The van der Waals surface area contributed by atoms with Crippen molar-refractivity contribution in [1.29, 1.82) is 0 Å². The van der Waals surface area contributed by atoms with Gasteiger partial charge >= 0.3 is 5.97 Å². The fraction of sp³-hybridized carbons (Fsp3) is 0.462. The van der Waals surface area contributed by atoms with Gasteiger partial charge in [0.1, 0.15) is 5.75 Å². The normalized spacial score (nSPS) is 13.2. The molecule has 112 valence electrons. The number of carboxylic acids is 1. The molecule has 1 N–H and O–H groups in total. The molecular weight excluding hydrogens is 282 g/mol. The van der Waals surface area contributed by atoms with Crippen LogP contribution in [-0.4, -0.2) is 44.0 Å². The molecule has 0 amide bonds. The van der Waals surface area contributed by atoms with Crippen LogP contribution in [0.5, 0.6) is 5.75 Å². The van der Waals surface area contributed by atoms with Crippen molar-refractivity contribution in [3.63, 3.8) is 0 Å². The molecule has 1 rings (SSSR count). The van der Waals surface area contributed by atoms with E-state index in [1.807, 2.05) is 6.92 Å². The van der Waals surface area contributed by atoms with E-state index in [4.69, 9.17) is 9.84 Å². The van der Waals surface area contributed by atoms with Crippen LogP contribution in [0.2, 0.25) is 0 Å². The molecule has 0 heterocycles. The fourth-order valence-electron chi connectivity index (χ4n) is 1.63. The van der Waals surface area contributed by atoms with Gasteiger partial charge in [0.2, 0.25) is 10.0 Å². The number of hydrogen-bond acceptors (Lipinski definition) is 4. The first kappa shape index (κ1) is 16.5. The van der Waals surface area contributed by atoms with Crippen LogP contribution in [-0.2, 0) is 14.8 Å². The highest BCUT2D eigenvalue weighted by Crippen LogP contribution is 2.21. The van der Waals surface area contributed by atoms with Crippen molar-refractivity contribution in [2.75, 3.05) is 20.2 Å². The molecule has 0 saturated carbocycles. The standard InChI is InChI=1S/C13H19NO5S/c1-4-19-11-6-5-7-12(8-11)20(17,18)14(3)9-10(2)13(15)16/h5-8,10H,4,9H2,1-3H3,(H,15,16). The highest BCUT2D eigenvalue weighted by molar-refractivity contribution is 7.89. The van der Waals surface area contributed by atoms with Crippen LogP contribution in [0.1, 0.15) is 13.8 Å². The largest absolute Gasteiger partial charge is 0.494 e. The second-order valence-corrected chi connectivity index (χ2v) is 6.48. The van der Waals surface area contributed by atoms with E-state index >= 15 is 0 Å². The number of carboxylic acid groups (broad SMARTS) is 1. The van der Waals surface area contributed by atoms with E-state index in [0.29, 0.717) is 12.4 Å². The predicted molar refractivity (Wildman–Crippen MR) is 74.2 cm³/mol. The molecule has 0 fully saturated rings. The molecule has 0 saturated heterocycles. The Morgan fingerprint density at radius 3 is 2.65 bits per heavy atom. The van der Waals surface area contributed by atoms with Crippen molar-refractivity contribution in [3.8, 4) is 5.75 Å². The topological polar surface area (TPSA) is 83.9 Å². The van der Waals surface area contributed by atoms with Crippen LogP contribution in [0.25, 0.3) is 0 Å².